The van der Waals surface area contributed by atoms with Crippen molar-refractivity contribution in [2.75, 3.05) is 6.61 Å². The fourth-order valence-corrected chi connectivity index (χ4v) is 1.73. The average Bonchev–Trinajstić information content (AvgIpc) is 2.24. The molecule has 0 bridgehead atoms. The van der Waals surface area contributed by atoms with Crippen LogP contribution in [-0.2, 0) is 5.66 Å². The molecular formula is C13H19F2OP. The molecule has 1 rings (SSSR count). The van der Waals surface area contributed by atoms with E-state index in [0.29, 0.717) is 6.61 Å². The van der Waals surface area contributed by atoms with E-state index < -0.39 is 5.66 Å². The van der Waals surface area contributed by atoms with Crippen LogP contribution in [0.4, 0.5) is 8.78 Å². The highest BCUT2D eigenvalue weighted by Crippen LogP contribution is 2.41. The van der Waals surface area contributed by atoms with E-state index in [1.807, 2.05) is 26.8 Å². The van der Waals surface area contributed by atoms with E-state index in [1.165, 1.54) is 6.07 Å². The predicted molar refractivity (Wildman–Crippen MR) is 69.9 cm³/mol. The molecule has 0 aromatic heterocycles. The Morgan fingerprint density at radius 2 is 2.00 bits per heavy atom. The van der Waals surface area contributed by atoms with E-state index in [4.69, 9.17) is 4.74 Å². The largest absolute Gasteiger partial charge is 0.493 e. The first-order valence-corrected chi connectivity index (χ1v) is 6.38. The Labute approximate surface area is 104 Å². The maximum Gasteiger partial charge on any atom is 0.287 e. The molecule has 0 saturated heterocycles. The third kappa shape index (κ3) is 3.92. The maximum atomic E-state index is 13.5. The normalized spacial score (nSPS) is 11.9. The summed E-state index contributed by atoms with van der Waals surface area (Å²) in [5, 5.41) is 0. The molecule has 1 nitrogen and oxygen atoms in total. The van der Waals surface area contributed by atoms with Crippen LogP contribution in [0.2, 0.25) is 0 Å². The van der Waals surface area contributed by atoms with Crippen LogP contribution in [0, 0.1) is 0 Å². The number of halogens is 2. The van der Waals surface area contributed by atoms with Crippen LogP contribution < -0.4 is 4.74 Å². The Morgan fingerprint density at radius 1 is 1.35 bits per heavy atom. The van der Waals surface area contributed by atoms with Gasteiger partial charge in [0.15, 0.2) is 0 Å². The second-order valence-corrected chi connectivity index (χ2v) is 5.11. The van der Waals surface area contributed by atoms with Crippen LogP contribution >= 0.6 is 9.24 Å². The van der Waals surface area contributed by atoms with Crippen molar-refractivity contribution in [1.29, 1.82) is 0 Å². The van der Waals surface area contributed by atoms with Gasteiger partial charge >= 0.3 is 0 Å². The number of benzene rings is 1. The van der Waals surface area contributed by atoms with E-state index in [2.05, 4.69) is 0 Å². The van der Waals surface area contributed by atoms with Gasteiger partial charge in [-0.25, -0.2) is 0 Å². The van der Waals surface area contributed by atoms with Gasteiger partial charge in [-0.15, -0.1) is 0 Å². The molecule has 1 unspecified atom stereocenters. The Balaban J connectivity index is 3.13. The Hall–Kier alpha value is -0.690. The van der Waals surface area contributed by atoms with Gasteiger partial charge in [0, 0.05) is 0 Å². The van der Waals surface area contributed by atoms with E-state index in [9.17, 15) is 8.78 Å². The van der Waals surface area contributed by atoms with Crippen LogP contribution in [0.25, 0.3) is 0 Å². The van der Waals surface area contributed by atoms with Crippen LogP contribution in [-0.4, -0.2) is 6.61 Å². The van der Waals surface area contributed by atoms with Gasteiger partial charge < -0.3 is 4.74 Å². The standard InChI is InChI=1S/C13H19F2OP/c1-4-7-16-12-6-5-10(9(2)3)8-11(12)13(14,15)17/h5-6,8-9H,4,7,17H2,1-3H3. The Bertz CT molecular complexity index is 372. The van der Waals surface area contributed by atoms with E-state index >= 15 is 0 Å². The fraction of sp³-hybridized carbons (Fsp3) is 0.538. The molecule has 1 atom stereocenters. The minimum atomic E-state index is -2.95. The highest BCUT2D eigenvalue weighted by atomic mass is 31.0. The molecule has 0 aliphatic rings. The van der Waals surface area contributed by atoms with Crippen LogP contribution in [0.3, 0.4) is 0 Å². The number of hydrogen-bond acceptors (Lipinski definition) is 1. The Morgan fingerprint density at radius 3 is 2.47 bits per heavy atom. The highest BCUT2D eigenvalue weighted by molar-refractivity contribution is 7.17. The molecule has 0 amide bonds. The van der Waals surface area contributed by atoms with Gasteiger partial charge in [-0.3, -0.25) is 0 Å². The highest BCUT2D eigenvalue weighted by Gasteiger charge is 2.29. The summed E-state index contributed by atoms with van der Waals surface area (Å²) in [6.07, 6.45) is 0.799. The topological polar surface area (TPSA) is 9.23 Å². The molecule has 96 valence electrons. The second-order valence-electron chi connectivity index (χ2n) is 4.38. The summed E-state index contributed by atoms with van der Waals surface area (Å²) in [5.41, 5.74) is -2.11. The van der Waals surface area contributed by atoms with E-state index in [1.54, 1.807) is 15.3 Å². The third-order valence-corrected chi connectivity index (χ3v) is 2.80. The van der Waals surface area contributed by atoms with Crippen molar-refractivity contribution in [2.45, 2.75) is 38.8 Å². The molecule has 0 saturated carbocycles. The minimum Gasteiger partial charge on any atom is -0.493 e. The average molecular weight is 260 g/mol. The molecule has 4 heteroatoms. The molecule has 0 aliphatic heterocycles. The van der Waals surface area contributed by atoms with Crippen molar-refractivity contribution in [3.8, 4) is 5.75 Å². The first kappa shape index (κ1) is 14.4. The monoisotopic (exact) mass is 260 g/mol. The lowest BCUT2D eigenvalue weighted by molar-refractivity contribution is 0.0989. The van der Waals surface area contributed by atoms with Gasteiger partial charge in [-0.2, -0.15) is 8.78 Å². The van der Waals surface area contributed by atoms with Crippen LogP contribution in [0.15, 0.2) is 18.2 Å². The second kappa shape index (κ2) is 5.77. The van der Waals surface area contributed by atoms with Crippen molar-refractivity contribution in [3.05, 3.63) is 29.3 Å². The van der Waals surface area contributed by atoms with Gasteiger partial charge in [0.2, 0.25) is 0 Å². The van der Waals surface area contributed by atoms with Crippen LogP contribution in [0.5, 0.6) is 5.75 Å². The number of ether oxygens (including phenoxy) is 1. The lowest BCUT2D eigenvalue weighted by Crippen LogP contribution is -2.08. The molecule has 0 N–H and O–H groups in total. The summed E-state index contributed by atoms with van der Waals surface area (Å²) in [6.45, 7) is 6.36. The van der Waals surface area contributed by atoms with Crippen molar-refractivity contribution >= 4 is 9.24 Å². The number of rotatable bonds is 5. The van der Waals surface area contributed by atoms with Crippen LogP contribution in [0.1, 0.15) is 44.2 Å². The quantitative estimate of drug-likeness (QED) is 0.707. The molecule has 1 aromatic carbocycles. The summed E-state index contributed by atoms with van der Waals surface area (Å²) >= 11 is 0. The van der Waals surface area contributed by atoms with Crippen molar-refractivity contribution < 1.29 is 13.5 Å². The summed E-state index contributed by atoms with van der Waals surface area (Å²) in [5.74, 6) is 0.498. The summed E-state index contributed by atoms with van der Waals surface area (Å²) < 4.78 is 32.3. The first-order valence-electron chi connectivity index (χ1n) is 5.80. The smallest absolute Gasteiger partial charge is 0.287 e. The zero-order valence-corrected chi connectivity index (χ0v) is 11.6. The number of hydrogen-bond donors (Lipinski definition) is 0. The lowest BCUT2D eigenvalue weighted by atomic mass is 10.0. The Kier molecular flexibility index (Phi) is 4.88. The van der Waals surface area contributed by atoms with E-state index in [0.717, 1.165) is 12.0 Å². The molecule has 17 heavy (non-hydrogen) atoms. The van der Waals surface area contributed by atoms with Crippen molar-refractivity contribution in [2.24, 2.45) is 0 Å². The van der Waals surface area contributed by atoms with Gasteiger partial charge in [-0.05, 0) is 30.0 Å². The maximum absolute atomic E-state index is 13.5. The molecule has 0 radical (unpaired) electrons. The van der Waals surface area contributed by atoms with Gasteiger partial charge in [0.05, 0.1) is 12.2 Å². The third-order valence-electron chi connectivity index (χ3n) is 2.49. The number of alkyl halides is 2. The molecule has 0 aliphatic carbocycles. The summed E-state index contributed by atoms with van der Waals surface area (Å²) in [7, 11) is 1.57. The SMILES string of the molecule is CCCOc1ccc(C(C)C)cc1C(F)(F)P. The van der Waals surface area contributed by atoms with Gasteiger partial charge in [-0.1, -0.05) is 36.1 Å². The van der Waals surface area contributed by atoms with Crippen molar-refractivity contribution in [1.82, 2.24) is 0 Å². The zero-order chi connectivity index (χ0) is 13.1. The van der Waals surface area contributed by atoms with Gasteiger partial charge in [0.25, 0.3) is 5.66 Å². The zero-order valence-electron chi connectivity index (χ0n) is 10.5. The minimum absolute atomic E-state index is 0.0536. The van der Waals surface area contributed by atoms with Gasteiger partial charge in [0.1, 0.15) is 5.75 Å². The van der Waals surface area contributed by atoms with Crippen molar-refractivity contribution in [3.63, 3.8) is 0 Å². The lowest BCUT2D eigenvalue weighted by Gasteiger charge is -2.18. The summed E-state index contributed by atoms with van der Waals surface area (Å²) in [6, 6.07) is 5.01. The molecular weight excluding hydrogens is 241 g/mol. The predicted octanol–water partition coefficient (Wildman–Crippen LogP) is 4.52. The molecule has 0 fully saturated rings. The fourth-order valence-electron chi connectivity index (χ4n) is 1.51. The first-order chi connectivity index (χ1) is 7.86. The molecule has 0 spiro atoms. The molecule has 1 aromatic rings. The molecule has 0 heterocycles. The van der Waals surface area contributed by atoms with E-state index in [-0.39, 0.29) is 17.2 Å². The summed E-state index contributed by atoms with van der Waals surface area (Å²) in [4.78, 5) is 0.